The highest BCUT2D eigenvalue weighted by atomic mass is 79.9. The van der Waals surface area contributed by atoms with Gasteiger partial charge in [-0.15, -0.1) is 0 Å². The van der Waals surface area contributed by atoms with Crippen LogP contribution in [-0.4, -0.2) is 13.1 Å². The molecule has 1 unspecified atom stereocenters. The molecule has 21 heavy (non-hydrogen) atoms. The molecular formula is C17H18BrF2N. The van der Waals surface area contributed by atoms with Gasteiger partial charge in [0, 0.05) is 23.0 Å². The summed E-state index contributed by atoms with van der Waals surface area (Å²) in [4.78, 5) is 0. The second kappa shape index (κ2) is 7.66. The topological polar surface area (TPSA) is 12.0 Å². The van der Waals surface area contributed by atoms with Gasteiger partial charge >= 0.3 is 0 Å². The molecule has 1 N–H and O–H groups in total. The van der Waals surface area contributed by atoms with E-state index in [-0.39, 0.29) is 5.92 Å². The van der Waals surface area contributed by atoms with Gasteiger partial charge in [0.05, 0.1) is 0 Å². The highest BCUT2D eigenvalue weighted by Gasteiger charge is 2.17. The first-order valence-corrected chi connectivity index (χ1v) is 7.80. The van der Waals surface area contributed by atoms with Gasteiger partial charge in [0.1, 0.15) is 11.6 Å². The van der Waals surface area contributed by atoms with Gasteiger partial charge in [-0.1, -0.05) is 47.1 Å². The zero-order chi connectivity index (χ0) is 15.2. The van der Waals surface area contributed by atoms with E-state index < -0.39 is 11.6 Å². The Morgan fingerprint density at radius 2 is 1.90 bits per heavy atom. The predicted molar refractivity (Wildman–Crippen MR) is 85.5 cm³/mol. The van der Waals surface area contributed by atoms with Crippen molar-refractivity contribution in [3.63, 3.8) is 0 Å². The lowest BCUT2D eigenvalue weighted by molar-refractivity contribution is 0.546. The van der Waals surface area contributed by atoms with E-state index in [0.717, 1.165) is 29.2 Å². The van der Waals surface area contributed by atoms with Crippen molar-refractivity contribution >= 4 is 15.9 Å². The van der Waals surface area contributed by atoms with Crippen molar-refractivity contribution in [1.82, 2.24) is 5.32 Å². The van der Waals surface area contributed by atoms with Crippen molar-refractivity contribution in [2.24, 2.45) is 0 Å². The summed E-state index contributed by atoms with van der Waals surface area (Å²) in [6.45, 7) is 3.64. The van der Waals surface area contributed by atoms with E-state index in [1.165, 1.54) is 12.1 Å². The first-order valence-electron chi connectivity index (χ1n) is 7.01. The second-order valence-corrected chi connectivity index (χ2v) is 5.82. The van der Waals surface area contributed by atoms with Crippen LogP contribution in [0.2, 0.25) is 0 Å². The van der Waals surface area contributed by atoms with Crippen LogP contribution in [0.3, 0.4) is 0 Å². The Morgan fingerprint density at radius 1 is 1.14 bits per heavy atom. The molecule has 0 bridgehead atoms. The summed E-state index contributed by atoms with van der Waals surface area (Å²) in [6, 6.07) is 11.7. The molecule has 0 radical (unpaired) electrons. The van der Waals surface area contributed by atoms with Gasteiger partial charge in [-0.25, -0.2) is 8.78 Å². The molecule has 1 nitrogen and oxygen atoms in total. The van der Waals surface area contributed by atoms with Crippen LogP contribution in [0.5, 0.6) is 0 Å². The minimum atomic E-state index is -0.541. The molecule has 4 heteroatoms. The molecule has 0 fully saturated rings. The zero-order valence-corrected chi connectivity index (χ0v) is 13.5. The number of hydrogen-bond donors (Lipinski definition) is 1. The van der Waals surface area contributed by atoms with E-state index in [1.54, 1.807) is 0 Å². The molecule has 0 amide bonds. The van der Waals surface area contributed by atoms with E-state index >= 15 is 0 Å². The number of likely N-dealkylation sites (N-methyl/N-ethyl adjacent to an activating group) is 1. The fraction of sp³-hybridized carbons (Fsp3) is 0.294. The average molecular weight is 354 g/mol. The van der Waals surface area contributed by atoms with Crippen molar-refractivity contribution in [2.75, 3.05) is 13.1 Å². The summed E-state index contributed by atoms with van der Waals surface area (Å²) >= 11 is 3.55. The largest absolute Gasteiger partial charge is 0.316 e. The number of rotatable bonds is 6. The number of halogens is 3. The zero-order valence-electron chi connectivity index (χ0n) is 11.9. The smallest absolute Gasteiger partial charge is 0.129 e. The lowest BCUT2D eigenvalue weighted by atomic mass is 9.91. The molecule has 0 heterocycles. The first kappa shape index (κ1) is 16.1. The molecule has 112 valence electrons. The average Bonchev–Trinajstić information content (AvgIpc) is 2.46. The molecule has 0 aromatic heterocycles. The Labute approximate surface area is 132 Å². The molecule has 2 aromatic rings. The van der Waals surface area contributed by atoms with Crippen LogP contribution in [0.1, 0.15) is 24.0 Å². The molecule has 2 aromatic carbocycles. The van der Waals surface area contributed by atoms with Crippen molar-refractivity contribution < 1.29 is 8.78 Å². The van der Waals surface area contributed by atoms with Crippen molar-refractivity contribution in [3.8, 4) is 0 Å². The van der Waals surface area contributed by atoms with Gasteiger partial charge in [-0.05, 0) is 36.2 Å². The van der Waals surface area contributed by atoms with E-state index in [4.69, 9.17) is 0 Å². The van der Waals surface area contributed by atoms with Crippen LogP contribution < -0.4 is 5.32 Å². The summed E-state index contributed by atoms with van der Waals surface area (Å²) in [5.74, 6) is -0.899. The third-order valence-electron chi connectivity index (χ3n) is 3.47. The van der Waals surface area contributed by atoms with E-state index in [9.17, 15) is 8.78 Å². The highest BCUT2D eigenvalue weighted by Crippen LogP contribution is 2.28. The van der Waals surface area contributed by atoms with Gasteiger partial charge in [0.2, 0.25) is 0 Å². The van der Waals surface area contributed by atoms with E-state index in [1.807, 2.05) is 31.2 Å². The van der Waals surface area contributed by atoms with E-state index in [2.05, 4.69) is 21.2 Å². The second-order valence-electron chi connectivity index (χ2n) is 4.97. The summed E-state index contributed by atoms with van der Waals surface area (Å²) < 4.78 is 27.9. The van der Waals surface area contributed by atoms with Crippen LogP contribution >= 0.6 is 15.9 Å². The van der Waals surface area contributed by atoms with Crippen LogP contribution in [0.15, 0.2) is 46.9 Å². The molecule has 0 aliphatic rings. The first-order chi connectivity index (χ1) is 10.1. The number of hydrogen-bond acceptors (Lipinski definition) is 1. The molecular weight excluding hydrogens is 336 g/mol. The van der Waals surface area contributed by atoms with Crippen LogP contribution in [0.25, 0.3) is 0 Å². The van der Waals surface area contributed by atoms with Crippen molar-refractivity contribution in [2.45, 2.75) is 19.3 Å². The number of benzene rings is 2. The molecule has 0 spiro atoms. The molecule has 0 aliphatic heterocycles. The monoisotopic (exact) mass is 353 g/mol. The molecule has 2 rings (SSSR count). The summed E-state index contributed by atoms with van der Waals surface area (Å²) in [5.41, 5.74) is 1.66. The van der Waals surface area contributed by atoms with Crippen molar-refractivity contribution in [1.29, 1.82) is 0 Å². The Hall–Kier alpha value is -1.26. The van der Waals surface area contributed by atoms with Gasteiger partial charge in [0.25, 0.3) is 0 Å². The normalized spacial score (nSPS) is 12.4. The standard InChI is InChI=1S/C17H18BrF2N/c1-2-21-11-13(15-5-3-4-6-16(15)18)9-12-7-8-14(19)10-17(12)20/h3-8,10,13,21H,2,9,11H2,1H3. The predicted octanol–water partition coefficient (Wildman–Crippen LogP) is 4.66. The van der Waals surface area contributed by atoms with Crippen LogP contribution in [0.4, 0.5) is 8.78 Å². The minimum Gasteiger partial charge on any atom is -0.316 e. The molecule has 0 aliphatic carbocycles. The van der Waals surface area contributed by atoms with Gasteiger partial charge in [0.15, 0.2) is 0 Å². The quantitative estimate of drug-likeness (QED) is 0.795. The van der Waals surface area contributed by atoms with Gasteiger partial charge in [-0.3, -0.25) is 0 Å². The van der Waals surface area contributed by atoms with Gasteiger partial charge < -0.3 is 5.32 Å². The van der Waals surface area contributed by atoms with Crippen LogP contribution in [-0.2, 0) is 6.42 Å². The summed E-state index contributed by atoms with van der Waals surface area (Å²) in [5, 5.41) is 3.31. The maximum absolute atomic E-state index is 13.9. The summed E-state index contributed by atoms with van der Waals surface area (Å²) in [6.07, 6.45) is 0.529. The van der Waals surface area contributed by atoms with E-state index in [0.29, 0.717) is 12.0 Å². The Balaban J connectivity index is 2.26. The van der Waals surface area contributed by atoms with Crippen LogP contribution in [0, 0.1) is 11.6 Å². The Kier molecular flexibility index (Phi) is 5.88. The SMILES string of the molecule is CCNCC(Cc1ccc(F)cc1F)c1ccccc1Br. The lowest BCUT2D eigenvalue weighted by Gasteiger charge is -2.19. The minimum absolute atomic E-state index is 0.125. The Morgan fingerprint density at radius 3 is 2.57 bits per heavy atom. The van der Waals surface area contributed by atoms with Crippen molar-refractivity contribution in [3.05, 3.63) is 69.7 Å². The third kappa shape index (κ3) is 4.35. The maximum Gasteiger partial charge on any atom is 0.129 e. The fourth-order valence-corrected chi connectivity index (χ4v) is 2.98. The fourth-order valence-electron chi connectivity index (χ4n) is 2.37. The molecule has 0 saturated heterocycles. The summed E-state index contributed by atoms with van der Waals surface area (Å²) in [7, 11) is 0. The number of nitrogens with one attached hydrogen (secondary N) is 1. The maximum atomic E-state index is 13.9. The third-order valence-corrected chi connectivity index (χ3v) is 4.19. The Bertz CT molecular complexity index is 601. The highest BCUT2D eigenvalue weighted by molar-refractivity contribution is 9.10. The molecule has 0 saturated carbocycles. The van der Waals surface area contributed by atoms with Gasteiger partial charge in [-0.2, -0.15) is 0 Å². The lowest BCUT2D eigenvalue weighted by Crippen LogP contribution is -2.23. The molecule has 1 atom stereocenters.